The van der Waals surface area contributed by atoms with Crippen molar-refractivity contribution in [2.75, 3.05) is 16.8 Å². The molecule has 2 saturated heterocycles. The number of benzene rings is 3. The topological polar surface area (TPSA) is 91.8 Å². The van der Waals surface area contributed by atoms with Crippen LogP contribution in [0, 0.1) is 23.6 Å². The van der Waals surface area contributed by atoms with E-state index in [0.29, 0.717) is 37.1 Å². The number of imide groups is 1. The second-order valence-electron chi connectivity index (χ2n) is 12.2. The number of carbonyl (C=O) groups excluding carboxylic acids is 2. The highest BCUT2D eigenvalue weighted by Gasteiger charge is 2.56. The Morgan fingerprint density at radius 3 is 2.48 bits per heavy atom. The first kappa shape index (κ1) is 29.6. The van der Waals surface area contributed by atoms with Crippen molar-refractivity contribution in [3.8, 4) is 5.75 Å². The molecule has 46 heavy (non-hydrogen) atoms. The van der Waals surface area contributed by atoms with E-state index in [4.69, 9.17) is 4.74 Å². The van der Waals surface area contributed by atoms with Crippen LogP contribution in [0.25, 0.3) is 11.6 Å². The minimum atomic E-state index is -0.682. The van der Waals surface area contributed by atoms with E-state index in [1.165, 1.54) is 17.0 Å². The number of aromatic nitrogens is 1. The molecule has 2 N–H and O–H groups in total. The number of hydrogen-bond donors (Lipinski definition) is 2. The normalized spacial score (nSPS) is 22.7. The maximum atomic E-state index is 14.1. The van der Waals surface area contributed by atoms with Crippen LogP contribution in [0.4, 0.5) is 21.5 Å². The second kappa shape index (κ2) is 12.4. The van der Waals surface area contributed by atoms with Gasteiger partial charge in [0.1, 0.15) is 0 Å². The zero-order valence-electron chi connectivity index (χ0n) is 25.4. The zero-order chi connectivity index (χ0) is 31.8. The lowest BCUT2D eigenvalue weighted by molar-refractivity contribution is -0.122. The number of aromatic hydroxyl groups is 1. The molecule has 1 aromatic heterocycles. The van der Waals surface area contributed by atoms with Crippen LogP contribution >= 0.6 is 0 Å². The van der Waals surface area contributed by atoms with Crippen LogP contribution in [0.15, 0.2) is 108 Å². The molecular weight excluding hydrogens is 581 g/mol. The fourth-order valence-electron chi connectivity index (χ4n) is 7.19. The van der Waals surface area contributed by atoms with E-state index >= 15 is 0 Å². The van der Waals surface area contributed by atoms with E-state index in [2.05, 4.69) is 17.2 Å². The quantitative estimate of drug-likeness (QED) is 0.157. The number of fused-ring (bicyclic) bond motifs is 3. The number of rotatable bonds is 8. The summed E-state index contributed by atoms with van der Waals surface area (Å²) in [4.78, 5) is 33.5. The molecule has 1 aliphatic carbocycles. The number of nitrogens with zero attached hydrogens (tertiary/aromatic N) is 2. The van der Waals surface area contributed by atoms with Gasteiger partial charge in [-0.3, -0.25) is 19.5 Å². The molecule has 0 bridgehead atoms. The largest absolute Gasteiger partial charge is 0.505 e. The number of hydrogen-bond acceptors (Lipinski definition) is 6. The van der Waals surface area contributed by atoms with Crippen molar-refractivity contribution < 1.29 is 23.8 Å². The molecule has 3 aromatic carbocycles. The number of allylic oxidation sites excluding steroid dienone is 2. The smallest absolute Gasteiger partial charge is 0.238 e. The summed E-state index contributed by atoms with van der Waals surface area (Å²) in [6.45, 7) is 2.44. The highest BCUT2D eigenvalue weighted by molar-refractivity contribution is 6.22. The number of carbonyl (C=O) groups is 2. The van der Waals surface area contributed by atoms with Gasteiger partial charge in [-0.1, -0.05) is 35.9 Å². The van der Waals surface area contributed by atoms with Gasteiger partial charge in [0.2, 0.25) is 11.8 Å². The monoisotopic (exact) mass is 615 g/mol. The van der Waals surface area contributed by atoms with Crippen molar-refractivity contribution in [3.63, 3.8) is 0 Å². The molecule has 2 aliphatic heterocycles. The van der Waals surface area contributed by atoms with Crippen LogP contribution in [0.2, 0.25) is 0 Å². The molecule has 232 valence electrons. The van der Waals surface area contributed by atoms with Gasteiger partial charge in [-0.25, -0.2) is 4.39 Å². The van der Waals surface area contributed by atoms with E-state index in [1.807, 2.05) is 78.9 Å². The Morgan fingerprint density at radius 1 is 0.978 bits per heavy atom. The van der Waals surface area contributed by atoms with Crippen LogP contribution in [-0.2, 0) is 14.3 Å². The summed E-state index contributed by atoms with van der Waals surface area (Å²) in [5.41, 5.74) is 6.95. The number of pyridine rings is 1. The summed E-state index contributed by atoms with van der Waals surface area (Å²) in [5, 5.41) is 13.0. The average molecular weight is 616 g/mol. The van der Waals surface area contributed by atoms with Crippen molar-refractivity contribution in [2.24, 2.45) is 17.8 Å². The molecule has 8 heteroatoms. The lowest BCUT2D eigenvalue weighted by Crippen LogP contribution is -2.34. The number of phenolic OH excluding ortho intramolecular Hbond substituents is 1. The molecule has 4 aromatic rings. The molecule has 4 atom stereocenters. The number of phenols is 1. The number of anilines is 3. The minimum absolute atomic E-state index is 0.151. The summed E-state index contributed by atoms with van der Waals surface area (Å²) in [7, 11) is 0. The summed E-state index contributed by atoms with van der Waals surface area (Å²) in [5.74, 6) is -2.40. The molecule has 0 radical (unpaired) electrons. The highest BCUT2D eigenvalue weighted by atomic mass is 19.1. The van der Waals surface area contributed by atoms with Gasteiger partial charge in [-0.2, -0.15) is 0 Å². The van der Waals surface area contributed by atoms with E-state index in [9.17, 15) is 19.1 Å². The third-order valence-electron chi connectivity index (χ3n) is 9.32. The molecule has 7 nitrogen and oxygen atoms in total. The lowest BCUT2D eigenvalue weighted by atomic mass is 9.70. The van der Waals surface area contributed by atoms with Gasteiger partial charge < -0.3 is 15.2 Å². The van der Waals surface area contributed by atoms with Crippen molar-refractivity contribution in [1.82, 2.24) is 4.98 Å². The fraction of sp³-hybridized carbons (Fsp3) is 0.237. The van der Waals surface area contributed by atoms with Crippen LogP contribution in [0.3, 0.4) is 0 Å². The zero-order valence-corrected chi connectivity index (χ0v) is 25.4. The maximum Gasteiger partial charge on any atom is 0.238 e. The standard InChI is InChI=1S/C38H34FN3O4/c1-23-19-29-36(38(45)42(37(29)44)28-14-12-27(13-15-28)41-26-7-3-2-4-8-26)30-22-46-34(35(23)30)17-11-25(32-9-5-6-18-40-32)20-24-10-16-33(43)31(39)21-24/h2-10,12-16,18,20-21,29-30,34,36,41,43H,11,17,19,22H2,1H3/b25-20-/t29-,30+,34-,36-/m1/s1. The number of ether oxygens (including phenoxy) is 1. The van der Waals surface area contributed by atoms with Crippen molar-refractivity contribution >= 4 is 40.5 Å². The Morgan fingerprint density at radius 2 is 1.74 bits per heavy atom. The Bertz CT molecular complexity index is 1840. The van der Waals surface area contributed by atoms with Crippen LogP contribution in [0.5, 0.6) is 5.75 Å². The number of nitrogens with one attached hydrogen (secondary N) is 1. The van der Waals surface area contributed by atoms with E-state index in [-0.39, 0.29) is 23.8 Å². The molecule has 7 rings (SSSR count). The Kier molecular flexibility index (Phi) is 7.96. The molecule has 3 heterocycles. The molecule has 2 amide bonds. The number of amides is 2. The third kappa shape index (κ3) is 5.61. The summed E-state index contributed by atoms with van der Waals surface area (Å²) < 4.78 is 20.5. The minimum Gasteiger partial charge on any atom is -0.505 e. The van der Waals surface area contributed by atoms with Crippen molar-refractivity contribution in [2.45, 2.75) is 32.3 Å². The van der Waals surface area contributed by atoms with Crippen LogP contribution in [-0.4, -0.2) is 34.6 Å². The van der Waals surface area contributed by atoms with Gasteiger partial charge in [-0.15, -0.1) is 0 Å². The van der Waals surface area contributed by atoms with Gasteiger partial charge in [0, 0.05) is 23.5 Å². The van der Waals surface area contributed by atoms with E-state index in [0.717, 1.165) is 33.8 Å². The Hall–Kier alpha value is -5.08. The van der Waals surface area contributed by atoms with E-state index in [1.54, 1.807) is 12.3 Å². The predicted molar refractivity (Wildman–Crippen MR) is 176 cm³/mol. The van der Waals surface area contributed by atoms with Crippen molar-refractivity contribution in [3.05, 3.63) is 125 Å². The Balaban J connectivity index is 1.09. The summed E-state index contributed by atoms with van der Waals surface area (Å²) in [6, 6.07) is 27.2. The van der Waals surface area contributed by atoms with Gasteiger partial charge in [-0.05, 0) is 110 Å². The van der Waals surface area contributed by atoms with Gasteiger partial charge >= 0.3 is 0 Å². The predicted octanol–water partition coefficient (Wildman–Crippen LogP) is 7.53. The maximum absolute atomic E-state index is 14.1. The molecule has 0 saturated carbocycles. The first-order chi connectivity index (χ1) is 22.4. The van der Waals surface area contributed by atoms with Crippen molar-refractivity contribution in [1.29, 1.82) is 0 Å². The Labute approximate surface area is 267 Å². The lowest BCUT2D eigenvalue weighted by Gasteiger charge is -2.30. The molecule has 3 aliphatic rings. The summed E-state index contributed by atoms with van der Waals surface area (Å²) >= 11 is 0. The average Bonchev–Trinajstić information content (AvgIpc) is 3.60. The van der Waals surface area contributed by atoms with Crippen LogP contribution in [0.1, 0.15) is 37.4 Å². The molecule has 0 unspecified atom stereocenters. The highest BCUT2D eigenvalue weighted by Crippen LogP contribution is 2.50. The molecular formula is C38H34FN3O4. The molecule has 0 spiro atoms. The number of halogens is 1. The van der Waals surface area contributed by atoms with E-state index < -0.39 is 23.4 Å². The van der Waals surface area contributed by atoms with Gasteiger partial charge in [0.05, 0.1) is 35.9 Å². The van der Waals surface area contributed by atoms with Crippen LogP contribution < -0.4 is 10.2 Å². The SMILES string of the molecule is CC1=C2[C@@H](CC/C(=C/c3ccc(O)c(F)c3)c3ccccn3)OC[C@@H]2[C@@H]2C(=O)N(c3ccc(Nc4ccccc4)cc3)C(=O)[C@@H]2C1. The third-order valence-corrected chi connectivity index (χ3v) is 9.32. The fourth-order valence-corrected chi connectivity index (χ4v) is 7.19. The first-order valence-corrected chi connectivity index (χ1v) is 15.6. The second-order valence-corrected chi connectivity index (χ2v) is 12.2. The van der Waals surface area contributed by atoms with Gasteiger partial charge in [0.15, 0.2) is 11.6 Å². The molecule has 2 fully saturated rings. The first-order valence-electron chi connectivity index (χ1n) is 15.6. The summed E-state index contributed by atoms with van der Waals surface area (Å²) in [6.07, 6.45) is 5.18. The number of para-hydroxylation sites is 1. The van der Waals surface area contributed by atoms with Gasteiger partial charge in [0.25, 0.3) is 0 Å².